The van der Waals surface area contributed by atoms with E-state index in [1.54, 1.807) is 6.07 Å². The van der Waals surface area contributed by atoms with Gasteiger partial charge in [-0.25, -0.2) is 4.79 Å². The summed E-state index contributed by atoms with van der Waals surface area (Å²) in [6.45, 7) is 11.4. The number of ether oxygens (including phenoxy) is 2. The molecule has 1 heterocycles. The van der Waals surface area contributed by atoms with Crippen molar-refractivity contribution >= 4 is 85.8 Å². The van der Waals surface area contributed by atoms with Crippen molar-refractivity contribution in [1.82, 2.24) is 4.90 Å². The summed E-state index contributed by atoms with van der Waals surface area (Å²) in [4.78, 5) is 59.0. The monoisotopic (exact) mass is 895 g/mol. The molecule has 0 aliphatic heterocycles. The Balaban J connectivity index is 0.000000521. The van der Waals surface area contributed by atoms with Crippen LogP contribution in [0.3, 0.4) is 0 Å². The number of ketones is 1. The Labute approximate surface area is 304 Å². The second-order valence-corrected chi connectivity index (χ2v) is 13.1. The fourth-order valence-corrected chi connectivity index (χ4v) is 6.53. The molecule has 0 bridgehead atoms. The maximum absolute atomic E-state index is 13.7. The molecule has 1 unspecified atom stereocenters. The van der Waals surface area contributed by atoms with Crippen molar-refractivity contribution in [2.45, 2.75) is 65.1 Å². The quantitative estimate of drug-likeness (QED) is 0.0781. The van der Waals surface area contributed by atoms with Gasteiger partial charge in [-0.3, -0.25) is 19.2 Å². The smallest absolute Gasteiger partial charge is 0.336 e. The number of aliphatic hydroxyl groups is 1. The second kappa shape index (κ2) is 19.0. The fourth-order valence-electron chi connectivity index (χ4n) is 4.45. The molecule has 13 nitrogen and oxygen atoms in total. The molecule has 0 aliphatic carbocycles. The van der Waals surface area contributed by atoms with Crippen molar-refractivity contribution in [2.24, 2.45) is 0 Å². The molecule has 0 fully saturated rings. The molecule has 1 atom stereocenters. The Bertz CT molecular complexity index is 1580. The van der Waals surface area contributed by atoms with Gasteiger partial charge >= 0.3 is 23.9 Å². The van der Waals surface area contributed by atoms with Crippen LogP contribution in [0.1, 0.15) is 68.6 Å². The van der Waals surface area contributed by atoms with Gasteiger partial charge in [0.05, 0.1) is 31.6 Å². The van der Waals surface area contributed by atoms with E-state index in [-0.39, 0.29) is 18.3 Å². The molecule has 3 aromatic rings. The van der Waals surface area contributed by atoms with E-state index in [2.05, 4.69) is 63.9 Å². The number of rotatable bonds is 17. The Morgan fingerprint density at radius 1 is 0.938 bits per heavy atom. The normalized spacial score (nSPS) is 11.8. The molecule has 0 saturated heterocycles. The summed E-state index contributed by atoms with van der Waals surface area (Å²) in [6, 6.07) is 11.0. The Morgan fingerprint density at radius 3 is 2.00 bits per heavy atom. The third-order valence-electron chi connectivity index (χ3n) is 7.20. The number of halogens is 2. The molecule has 48 heavy (non-hydrogen) atoms. The SMILES string of the molecule is CCC(C)OC(=O)Cc1oc2ccccc2c1C(=O)c1cc(I)c(OCCN(CC)CC)c(I)c1.O=C(O)CC(O)(CC(=O)O)C(=O)O. The predicted molar refractivity (Wildman–Crippen MR) is 191 cm³/mol. The lowest BCUT2D eigenvalue weighted by Crippen LogP contribution is -2.42. The molecular weight excluding hydrogens is 856 g/mol. The topological polar surface area (TPSA) is 201 Å². The van der Waals surface area contributed by atoms with E-state index >= 15 is 0 Å². The highest BCUT2D eigenvalue weighted by molar-refractivity contribution is 14.1. The van der Waals surface area contributed by atoms with Gasteiger partial charge in [-0.05, 0) is 89.8 Å². The lowest BCUT2D eigenvalue weighted by molar-refractivity contribution is -0.170. The van der Waals surface area contributed by atoms with Gasteiger partial charge in [-0.15, -0.1) is 0 Å². The van der Waals surface area contributed by atoms with Crippen LogP contribution >= 0.6 is 45.2 Å². The number of para-hydroxylation sites is 1. The number of carboxylic acids is 3. The first-order chi connectivity index (χ1) is 22.6. The summed E-state index contributed by atoms with van der Waals surface area (Å²) < 4.78 is 19.2. The van der Waals surface area contributed by atoms with Gasteiger partial charge < -0.3 is 39.2 Å². The highest BCUT2D eigenvalue weighted by Crippen LogP contribution is 2.33. The molecule has 15 heteroatoms. The number of carboxylic acid groups (broad SMARTS) is 3. The molecular formula is C33H39I2NO12. The van der Waals surface area contributed by atoms with Gasteiger partial charge in [0.25, 0.3) is 0 Å². The number of carbonyl (C=O) groups excluding carboxylic acids is 2. The number of carbonyl (C=O) groups is 5. The third kappa shape index (κ3) is 11.7. The number of hydrogen-bond acceptors (Lipinski definition) is 10. The largest absolute Gasteiger partial charge is 0.490 e. The summed E-state index contributed by atoms with van der Waals surface area (Å²) in [5, 5.41) is 34.5. The Hall–Kier alpha value is -3.29. The summed E-state index contributed by atoms with van der Waals surface area (Å²) in [7, 11) is 0. The zero-order chi connectivity index (χ0) is 36.2. The lowest BCUT2D eigenvalue weighted by Gasteiger charge is -2.19. The predicted octanol–water partition coefficient (Wildman–Crippen LogP) is 5.23. The van der Waals surface area contributed by atoms with Crippen LogP contribution < -0.4 is 4.74 Å². The minimum Gasteiger partial charge on any atom is -0.490 e. The van der Waals surface area contributed by atoms with E-state index in [1.807, 2.05) is 44.2 Å². The van der Waals surface area contributed by atoms with Crippen molar-refractivity contribution in [3.8, 4) is 5.75 Å². The van der Waals surface area contributed by atoms with E-state index in [4.69, 9.17) is 34.3 Å². The van der Waals surface area contributed by atoms with E-state index in [0.717, 1.165) is 38.9 Å². The number of nitrogens with zero attached hydrogens (tertiary/aromatic N) is 1. The highest BCUT2D eigenvalue weighted by Gasteiger charge is 2.40. The number of fused-ring (bicyclic) bond motifs is 1. The first-order valence-electron chi connectivity index (χ1n) is 15.0. The number of likely N-dealkylation sites (N-methyl/N-ethyl adjacent to an activating group) is 1. The zero-order valence-electron chi connectivity index (χ0n) is 27.0. The molecule has 2 aromatic carbocycles. The van der Waals surface area contributed by atoms with Gasteiger partial charge in [0.2, 0.25) is 0 Å². The standard InChI is InChI=1S/C27H31I2NO5.C6H8O7/c1-5-17(4)34-24(31)16-23-25(19-10-8-9-11-22(19)35-23)26(32)18-14-20(28)27(21(29)15-18)33-13-12-30(6-2)7-3;7-3(8)1-6(13,5(11)12)2-4(9)10/h8-11,14-15,17H,5-7,12-13,16H2,1-4H3;13H,1-2H2,(H,7,8)(H,9,10)(H,11,12). The van der Waals surface area contributed by atoms with Gasteiger partial charge in [0.1, 0.15) is 30.1 Å². The van der Waals surface area contributed by atoms with Crippen LogP contribution in [0, 0.1) is 7.14 Å². The van der Waals surface area contributed by atoms with Gasteiger partial charge in [0.15, 0.2) is 11.4 Å². The number of aliphatic carboxylic acids is 3. The van der Waals surface area contributed by atoms with Crippen LogP contribution in [-0.4, -0.2) is 92.9 Å². The summed E-state index contributed by atoms with van der Waals surface area (Å²) in [5.41, 5.74) is -1.23. The van der Waals surface area contributed by atoms with Crippen LogP contribution in [0.25, 0.3) is 11.0 Å². The number of hydrogen-bond donors (Lipinski definition) is 4. The van der Waals surface area contributed by atoms with Crippen molar-refractivity contribution < 1.29 is 58.3 Å². The average Bonchev–Trinajstić information content (AvgIpc) is 3.36. The molecule has 262 valence electrons. The van der Waals surface area contributed by atoms with Crippen LogP contribution in [0.2, 0.25) is 0 Å². The van der Waals surface area contributed by atoms with Crippen LogP contribution in [0.4, 0.5) is 0 Å². The molecule has 4 N–H and O–H groups in total. The summed E-state index contributed by atoms with van der Waals surface area (Å²) in [6.07, 6.45) is -1.86. The third-order valence-corrected chi connectivity index (χ3v) is 8.80. The maximum atomic E-state index is 13.7. The van der Waals surface area contributed by atoms with Crippen molar-refractivity contribution in [3.63, 3.8) is 0 Å². The first-order valence-corrected chi connectivity index (χ1v) is 17.2. The summed E-state index contributed by atoms with van der Waals surface area (Å²) >= 11 is 4.42. The second-order valence-electron chi connectivity index (χ2n) is 10.7. The van der Waals surface area contributed by atoms with Crippen molar-refractivity contribution in [1.29, 1.82) is 0 Å². The Morgan fingerprint density at radius 2 is 1.50 bits per heavy atom. The van der Waals surface area contributed by atoms with Gasteiger partial charge in [0, 0.05) is 17.5 Å². The molecule has 3 rings (SSSR count). The van der Waals surface area contributed by atoms with Crippen LogP contribution in [0.5, 0.6) is 5.75 Å². The van der Waals surface area contributed by atoms with Crippen LogP contribution in [0.15, 0.2) is 40.8 Å². The molecule has 0 radical (unpaired) electrons. The zero-order valence-corrected chi connectivity index (χ0v) is 31.3. The average molecular weight is 895 g/mol. The van der Waals surface area contributed by atoms with Crippen molar-refractivity contribution in [2.75, 3.05) is 26.2 Å². The van der Waals surface area contributed by atoms with Crippen LogP contribution in [-0.2, 0) is 30.3 Å². The van der Waals surface area contributed by atoms with Crippen molar-refractivity contribution in [3.05, 3.63) is 60.4 Å². The van der Waals surface area contributed by atoms with Gasteiger partial charge in [-0.2, -0.15) is 0 Å². The maximum Gasteiger partial charge on any atom is 0.336 e. The van der Waals surface area contributed by atoms with E-state index < -0.39 is 42.3 Å². The molecule has 0 spiro atoms. The lowest BCUT2D eigenvalue weighted by atomic mass is 9.96. The first kappa shape index (κ1) is 40.9. The summed E-state index contributed by atoms with van der Waals surface area (Å²) in [5.74, 6) is -4.51. The van der Waals surface area contributed by atoms with E-state index in [1.165, 1.54) is 0 Å². The Kier molecular flexibility index (Phi) is 16.2. The fraction of sp³-hybridized carbons (Fsp3) is 0.424. The molecule has 1 aromatic heterocycles. The molecule has 0 saturated carbocycles. The van der Waals surface area contributed by atoms with E-state index in [9.17, 15) is 24.0 Å². The van der Waals surface area contributed by atoms with Gasteiger partial charge in [-0.1, -0.05) is 39.0 Å². The van der Waals surface area contributed by atoms with E-state index in [0.29, 0.717) is 34.5 Å². The minimum absolute atomic E-state index is 0.0964. The molecule has 0 amide bonds. The minimum atomic E-state index is -2.74. The highest BCUT2D eigenvalue weighted by atomic mass is 127. The number of benzene rings is 2. The number of esters is 1. The molecule has 0 aliphatic rings. The number of furan rings is 1.